The first-order valence-corrected chi connectivity index (χ1v) is 6.95. The first-order valence-electron chi connectivity index (χ1n) is 5.07. The summed E-state index contributed by atoms with van der Waals surface area (Å²) >= 11 is 5.79. The lowest BCUT2D eigenvalue weighted by Gasteiger charge is -2.34. The Labute approximate surface area is 94.9 Å². The standard InChI is InChI=1S/C8H15ClN2O3S/c9-7-5-8(6-7)10-15(12,13)11-1-3-14-4-2-11/h7-8,10H,1-6H2. The molecule has 1 saturated carbocycles. The SMILES string of the molecule is O=S(=O)(NC1CC(Cl)C1)N1CCOCC1. The molecule has 0 atom stereocenters. The van der Waals surface area contributed by atoms with E-state index in [1.165, 1.54) is 4.31 Å². The molecular weight excluding hydrogens is 240 g/mol. The van der Waals surface area contributed by atoms with Crippen LogP contribution >= 0.6 is 11.6 Å². The molecule has 1 saturated heterocycles. The van der Waals surface area contributed by atoms with E-state index >= 15 is 0 Å². The lowest BCUT2D eigenvalue weighted by atomic mass is 9.94. The average molecular weight is 255 g/mol. The van der Waals surface area contributed by atoms with Gasteiger partial charge >= 0.3 is 0 Å². The Morgan fingerprint density at radius 1 is 1.27 bits per heavy atom. The van der Waals surface area contributed by atoms with Crippen molar-refractivity contribution >= 4 is 21.8 Å². The van der Waals surface area contributed by atoms with Crippen LogP contribution in [0.1, 0.15) is 12.8 Å². The summed E-state index contributed by atoms with van der Waals surface area (Å²) in [6.07, 6.45) is 1.45. The van der Waals surface area contributed by atoms with E-state index in [9.17, 15) is 8.42 Å². The average Bonchev–Trinajstić information content (AvgIpc) is 2.17. The van der Waals surface area contributed by atoms with Crippen molar-refractivity contribution in [2.75, 3.05) is 26.3 Å². The van der Waals surface area contributed by atoms with E-state index in [0.717, 1.165) is 12.8 Å². The zero-order chi connectivity index (χ0) is 10.9. The van der Waals surface area contributed by atoms with Gasteiger partial charge in [0.1, 0.15) is 0 Å². The van der Waals surface area contributed by atoms with Crippen molar-refractivity contribution in [3.63, 3.8) is 0 Å². The van der Waals surface area contributed by atoms with Crippen LogP contribution in [0.4, 0.5) is 0 Å². The molecule has 5 nitrogen and oxygen atoms in total. The summed E-state index contributed by atoms with van der Waals surface area (Å²) in [6.45, 7) is 1.83. The highest BCUT2D eigenvalue weighted by atomic mass is 35.5. The number of morpholine rings is 1. The van der Waals surface area contributed by atoms with Gasteiger partial charge in [-0.1, -0.05) is 0 Å². The third-order valence-corrected chi connectivity index (χ3v) is 4.74. The fraction of sp³-hybridized carbons (Fsp3) is 1.00. The predicted molar refractivity (Wildman–Crippen MR) is 57.1 cm³/mol. The summed E-state index contributed by atoms with van der Waals surface area (Å²) in [4.78, 5) is 0. The minimum atomic E-state index is -3.32. The van der Waals surface area contributed by atoms with Gasteiger partial charge in [-0.3, -0.25) is 0 Å². The Morgan fingerprint density at radius 3 is 2.40 bits per heavy atom. The Balaban J connectivity index is 1.88. The van der Waals surface area contributed by atoms with Gasteiger partial charge in [0.2, 0.25) is 0 Å². The molecule has 2 rings (SSSR count). The lowest BCUT2D eigenvalue weighted by molar-refractivity contribution is 0.0721. The number of nitrogens with one attached hydrogen (secondary N) is 1. The normalized spacial score (nSPS) is 33.7. The molecule has 15 heavy (non-hydrogen) atoms. The van der Waals surface area contributed by atoms with Crippen LogP contribution in [0.2, 0.25) is 0 Å². The number of rotatable bonds is 3. The lowest BCUT2D eigenvalue weighted by Crippen LogP contribution is -2.53. The third-order valence-electron chi connectivity index (χ3n) is 2.71. The van der Waals surface area contributed by atoms with Crippen molar-refractivity contribution in [2.24, 2.45) is 0 Å². The van der Waals surface area contributed by atoms with Gasteiger partial charge in [0, 0.05) is 24.5 Å². The molecule has 88 valence electrons. The highest BCUT2D eigenvalue weighted by Gasteiger charge is 2.33. The van der Waals surface area contributed by atoms with Crippen LogP contribution in [0.25, 0.3) is 0 Å². The summed E-state index contributed by atoms with van der Waals surface area (Å²) in [5.74, 6) is 0. The topological polar surface area (TPSA) is 58.6 Å². The van der Waals surface area contributed by atoms with Crippen LogP contribution in [-0.4, -0.2) is 50.4 Å². The summed E-state index contributed by atoms with van der Waals surface area (Å²) in [5.41, 5.74) is 0. The monoisotopic (exact) mass is 254 g/mol. The maximum absolute atomic E-state index is 11.8. The van der Waals surface area contributed by atoms with E-state index in [1.54, 1.807) is 0 Å². The molecule has 2 aliphatic rings. The molecule has 0 bridgehead atoms. The van der Waals surface area contributed by atoms with Crippen LogP contribution < -0.4 is 4.72 Å². The van der Waals surface area contributed by atoms with E-state index in [1.807, 2.05) is 0 Å². The highest BCUT2D eigenvalue weighted by molar-refractivity contribution is 7.87. The van der Waals surface area contributed by atoms with E-state index < -0.39 is 10.2 Å². The second-order valence-electron chi connectivity index (χ2n) is 3.90. The molecule has 0 amide bonds. The van der Waals surface area contributed by atoms with E-state index in [2.05, 4.69) is 4.72 Å². The Morgan fingerprint density at radius 2 is 1.87 bits per heavy atom. The molecule has 0 unspecified atom stereocenters. The summed E-state index contributed by atoms with van der Waals surface area (Å²) in [5, 5.41) is 0.127. The molecule has 0 aromatic rings. The molecule has 0 radical (unpaired) electrons. The molecular formula is C8H15ClN2O3S. The summed E-state index contributed by atoms with van der Waals surface area (Å²) in [6, 6.07) is 0.0142. The number of halogens is 1. The minimum Gasteiger partial charge on any atom is -0.379 e. The van der Waals surface area contributed by atoms with Crippen molar-refractivity contribution in [3.8, 4) is 0 Å². The fourth-order valence-electron chi connectivity index (χ4n) is 1.72. The van der Waals surface area contributed by atoms with Crippen LogP contribution in [0.3, 0.4) is 0 Å². The highest BCUT2D eigenvalue weighted by Crippen LogP contribution is 2.26. The second-order valence-corrected chi connectivity index (χ2v) is 6.22. The number of nitrogens with zero attached hydrogens (tertiary/aromatic N) is 1. The molecule has 1 aliphatic carbocycles. The number of hydrogen-bond donors (Lipinski definition) is 1. The van der Waals surface area contributed by atoms with E-state index in [4.69, 9.17) is 16.3 Å². The van der Waals surface area contributed by atoms with Gasteiger partial charge in [-0.05, 0) is 12.8 Å². The van der Waals surface area contributed by atoms with Gasteiger partial charge in [-0.15, -0.1) is 11.6 Å². The van der Waals surface area contributed by atoms with Crippen molar-refractivity contribution < 1.29 is 13.2 Å². The quantitative estimate of drug-likeness (QED) is 0.717. The first-order chi connectivity index (χ1) is 7.08. The van der Waals surface area contributed by atoms with Gasteiger partial charge < -0.3 is 4.74 Å². The molecule has 0 aromatic heterocycles. The zero-order valence-electron chi connectivity index (χ0n) is 8.36. The van der Waals surface area contributed by atoms with Crippen LogP contribution in [0.15, 0.2) is 0 Å². The summed E-state index contributed by atoms with van der Waals surface area (Å²) in [7, 11) is -3.32. The molecule has 1 aliphatic heterocycles. The van der Waals surface area contributed by atoms with E-state index in [0.29, 0.717) is 26.3 Å². The smallest absolute Gasteiger partial charge is 0.279 e. The van der Waals surface area contributed by atoms with E-state index in [-0.39, 0.29) is 11.4 Å². The van der Waals surface area contributed by atoms with Crippen molar-refractivity contribution in [1.29, 1.82) is 0 Å². The number of alkyl halides is 1. The zero-order valence-corrected chi connectivity index (χ0v) is 9.93. The van der Waals surface area contributed by atoms with Crippen LogP contribution in [0, 0.1) is 0 Å². The second kappa shape index (κ2) is 4.55. The third kappa shape index (κ3) is 2.82. The number of ether oxygens (including phenoxy) is 1. The molecule has 0 spiro atoms. The Bertz CT molecular complexity index is 310. The van der Waals surface area contributed by atoms with Gasteiger partial charge in [0.15, 0.2) is 0 Å². The van der Waals surface area contributed by atoms with Crippen molar-refractivity contribution in [2.45, 2.75) is 24.3 Å². The Kier molecular flexibility index (Phi) is 3.52. The van der Waals surface area contributed by atoms with Gasteiger partial charge in [-0.2, -0.15) is 17.4 Å². The van der Waals surface area contributed by atoms with Gasteiger partial charge in [-0.25, -0.2) is 0 Å². The molecule has 1 N–H and O–H groups in total. The van der Waals surface area contributed by atoms with Crippen molar-refractivity contribution in [1.82, 2.24) is 9.03 Å². The van der Waals surface area contributed by atoms with Gasteiger partial charge in [0.25, 0.3) is 10.2 Å². The van der Waals surface area contributed by atoms with Crippen LogP contribution in [-0.2, 0) is 14.9 Å². The predicted octanol–water partition coefficient (Wildman–Crippen LogP) is -0.0772. The largest absolute Gasteiger partial charge is 0.379 e. The minimum absolute atomic E-state index is 0.0142. The maximum Gasteiger partial charge on any atom is 0.279 e. The summed E-state index contributed by atoms with van der Waals surface area (Å²) < 4.78 is 32.8. The molecule has 7 heteroatoms. The maximum atomic E-state index is 11.8. The molecule has 2 fully saturated rings. The van der Waals surface area contributed by atoms with Crippen molar-refractivity contribution in [3.05, 3.63) is 0 Å². The number of hydrogen-bond acceptors (Lipinski definition) is 3. The Hall–Kier alpha value is 0.120. The van der Waals surface area contributed by atoms with Gasteiger partial charge in [0.05, 0.1) is 13.2 Å². The first kappa shape index (κ1) is 11.6. The fourth-order valence-corrected chi connectivity index (χ4v) is 3.54. The molecule has 1 heterocycles. The molecule has 0 aromatic carbocycles. The van der Waals surface area contributed by atoms with Crippen LogP contribution in [0.5, 0.6) is 0 Å².